The first-order valence-electron chi connectivity index (χ1n) is 7.57. The standard InChI is InChI=1S/C17H21N3S/c1-14-6-5-7-15(12-14)13-21-17-16(18-8-9-19-17)20-10-3-2-4-11-20/h5-9,12H,2-4,10-11,13H2,1H3. The first-order chi connectivity index (χ1) is 10.3. The van der Waals surface area contributed by atoms with E-state index >= 15 is 0 Å². The van der Waals surface area contributed by atoms with Gasteiger partial charge in [-0.3, -0.25) is 0 Å². The van der Waals surface area contributed by atoms with Crippen LogP contribution in [0.4, 0.5) is 5.82 Å². The van der Waals surface area contributed by atoms with Gasteiger partial charge in [-0.25, -0.2) is 9.97 Å². The average molecular weight is 299 g/mol. The van der Waals surface area contributed by atoms with Crippen LogP contribution in [-0.4, -0.2) is 23.1 Å². The van der Waals surface area contributed by atoms with E-state index in [1.165, 1.54) is 30.4 Å². The third-order valence-corrected chi connectivity index (χ3v) is 4.80. The molecule has 110 valence electrons. The molecule has 2 aromatic rings. The second-order valence-electron chi connectivity index (χ2n) is 5.51. The van der Waals surface area contributed by atoms with Gasteiger partial charge >= 0.3 is 0 Å². The summed E-state index contributed by atoms with van der Waals surface area (Å²) in [7, 11) is 0. The summed E-state index contributed by atoms with van der Waals surface area (Å²) in [6, 6.07) is 8.67. The van der Waals surface area contributed by atoms with Gasteiger partial charge in [0.15, 0.2) is 5.82 Å². The van der Waals surface area contributed by atoms with Crippen molar-refractivity contribution in [2.24, 2.45) is 0 Å². The Hall–Kier alpha value is -1.55. The highest BCUT2D eigenvalue weighted by Crippen LogP contribution is 2.30. The van der Waals surface area contributed by atoms with Gasteiger partial charge < -0.3 is 4.90 Å². The second-order valence-corrected chi connectivity index (χ2v) is 6.47. The van der Waals surface area contributed by atoms with Crippen molar-refractivity contribution in [2.45, 2.75) is 37.0 Å². The first kappa shape index (κ1) is 14.4. The SMILES string of the molecule is Cc1cccc(CSc2nccnc2N2CCCCC2)c1. The number of aryl methyl sites for hydroxylation is 1. The Morgan fingerprint density at radius 3 is 2.71 bits per heavy atom. The van der Waals surface area contributed by atoms with Crippen LogP contribution in [0.3, 0.4) is 0 Å². The van der Waals surface area contributed by atoms with Crippen molar-refractivity contribution in [3.63, 3.8) is 0 Å². The van der Waals surface area contributed by atoms with E-state index in [9.17, 15) is 0 Å². The minimum Gasteiger partial charge on any atom is -0.354 e. The number of benzene rings is 1. The Labute approximate surface area is 130 Å². The minimum absolute atomic E-state index is 0.946. The summed E-state index contributed by atoms with van der Waals surface area (Å²) in [6.45, 7) is 4.35. The van der Waals surface area contributed by atoms with E-state index in [1.54, 1.807) is 24.2 Å². The monoisotopic (exact) mass is 299 g/mol. The topological polar surface area (TPSA) is 29.0 Å². The second kappa shape index (κ2) is 6.94. The molecule has 0 aliphatic carbocycles. The Bertz CT molecular complexity index is 594. The molecule has 1 saturated heterocycles. The van der Waals surface area contributed by atoms with Gasteiger partial charge in [0.05, 0.1) is 0 Å². The molecule has 0 amide bonds. The first-order valence-corrected chi connectivity index (χ1v) is 8.56. The minimum atomic E-state index is 0.946. The molecule has 1 aromatic carbocycles. The molecule has 21 heavy (non-hydrogen) atoms. The lowest BCUT2D eigenvalue weighted by Gasteiger charge is -2.28. The number of piperidine rings is 1. The fourth-order valence-corrected chi connectivity index (χ4v) is 3.63. The van der Waals surface area contributed by atoms with Crippen LogP contribution in [0.5, 0.6) is 0 Å². The number of nitrogens with zero attached hydrogens (tertiary/aromatic N) is 3. The zero-order chi connectivity index (χ0) is 14.5. The van der Waals surface area contributed by atoms with Crippen molar-refractivity contribution in [3.05, 3.63) is 47.8 Å². The maximum absolute atomic E-state index is 4.57. The molecular formula is C17H21N3S. The van der Waals surface area contributed by atoms with E-state index in [0.29, 0.717) is 0 Å². The molecule has 3 rings (SSSR count). The van der Waals surface area contributed by atoms with Gasteiger partial charge in [0.1, 0.15) is 5.03 Å². The Kier molecular flexibility index (Phi) is 4.76. The zero-order valence-electron chi connectivity index (χ0n) is 12.5. The number of anilines is 1. The Balaban J connectivity index is 1.73. The Morgan fingerprint density at radius 1 is 1.10 bits per heavy atom. The summed E-state index contributed by atoms with van der Waals surface area (Å²) in [5.41, 5.74) is 2.65. The van der Waals surface area contributed by atoms with Gasteiger partial charge in [-0.05, 0) is 31.7 Å². The summed E-state index contributed by atoms with van der Waals surface area (Å²) in [5.74, 6) is 2.01. The summed E-state index contributed by atoms with van der Waals surface area (Å²) in [6.07, 6.45) is 7.46. The van der Waals surface area contributed by atoms with E-state index in [1.807, 2.05) is 0 Å². The molecular weight excluding hydrogens is 278 g/mol. The lowest BCUT2D eigenvalue weighted by atomic mass is 10.1. The van der Waals surface area contributed by atoms with Crippen LogP contribution < -0.4 is 4.90 Å². The molecule has 0 saturated carbocycles. The van der Waals surface area contributed by atoms with Crippen LogP contribution in [0.2, 0.25) is 0 Å². The van der Waals surface area contributed by atoms with Gasteiger partial charge in [0.25, 0.3) is 0 Å². The fraction of sp³-hybridized carbons (Fsp3) is 0.412. The van der Waals surface area contributed by atoms with E-state index in [4.69, 9.17) is 0 Å². The number of hydrogen-bond donors (Lipinski definition) is 0. The third-order valence-electron chi connectivity index (χ3n) is 3.76. The van der Waals surface area contributed by atoms with E-state index in [-0.39, 0.29) is 0 Å². The van der Waals surface area contributed by atoms with Crippen LogP contribution in [0.15, 0.2) is 41.7 Å². The summed E-state index contributed by atoms with van der Waals surface area (Å²) in [4.78, 5) is 11.5. The van der Waals surface area contributed by atoms with E-state index < -0.39 is 0 Å². The van der Waals surface area contributed by atoms with E-state index in [2.05, 4.69) is 46.1 Å². The molecule has 1 aliphatic heterocycles. The third kappa shape index (κ3) is 3.76. The number of thioether (sulfide) groups is 1. The van der Waals surface area contributed by atoms with Gasteiger partial charge in [-0.1, -0.05) is 41.6 Å². The number of aromatic nitrogens is 2. The zero-order valence-corrected chi connectivity index (χ0v) is 13.3. The van der Waals surface area contributed by atoms with Crippen LogP contribution >= 0.6 is 11.8 Å². The lowest BCUT2D eigenvalue weighted by molar-refractivity contribution is 0.568. The molecule has 1 fully saturated rings. The van der Waals surface area contributed by atoms with E-state index in [0.717, 1.165) is 29.7 Å². The highest BCUT2D eigenvalue weighted by Gasteiger charge is 2.16. The molecule has 3 nitrogen and oxygen atoms in total. The van der Waals surface area contributed by atoms with Gasteiger partial charge in [0, 0.05) is 31.2 Å². The number of hydrogen-bond acceptors (Lipinski definition) is 4. The van der Waals surface area contributed by atoms with Crippen molar-refractivity contribution >= 4 is 17.6 Å². The predicted octanol–water partition coefficient (Wildman–Crippen LogP) is 4.07. The normalized spacial score (nSPS) is 15.2. The molecule has 0 spiro atoms. The highest BCUT2D eigenvalue weighted by atomic mass is 32.2. The molecule has 2 heterocycles. The van der Waals surface area contributed by atoms with Gasteiger partial charge in [0.2, 0.25) is 0 Å². The molecule has 0 bridgehead atoms. The summed E-state index contributed by atoms with van der Waals surface area (Å²) >= 11 is 1.79. The van der Waals surface area contributed by atoms with Crippen molar-refractivity contribution < 1.29 is 0 Å². The summed E-state index contributed by atoms with van der Waals surface area (Å²) < 4.78 is 0. The molecule has 4 heteroatoms. The Morgan fingerprint density at radius 2 is 1.90 bits per heavy atom. The fourth-order valence-electron chi connectivity index (χ4n) is 2.70. The lowest BCUT2D eigenvalue weighted by Crippen LogP contribution is -2.30. The van der Waals surface area contributed by atoms with Crippen LogP contribution in [0.1, 0.15) is 30.4 Å². The quantitative estimate of drug-likeness (QED) is 0.796. The van der Waals surface area contributed by atoms with Crippen LogP contribution in [-0.2, 0) is 5.75 Å². The number of rotatable bonds is 4. The van der Waals surface area contributed by atoms with Crippen molar-refractivity contribution in [1.29, 1.82) is 0 Å². The smallest absolute Gasteiger partial charge is 0.161 e. The van der Waals surface area contributed by atoms with Crippen LogP contribution in [0.25, 0.3) is 0 Å². The van der Waals surface area contributed by atoms with Crippen molar-refractivity contribution in [3.8, 4) is 0 Å². The maximum atomic E-state index is 4.57. The van der Waals surface area contributed by atoms with Gasteiger partial charge in [-0.15, -0.1) is 0 Å². The molecule has 1 aromatic heterocycles. The molecule has 0 N–H and O–H groups in total. The van der Waals surface area contributed by atoms with Gasteiger partial charge in [-0.2, -0.15) is 0 Å². The molecule has 0 radical (unpaired) electrons. The molecule has 0 unspecified atom stereocenters. The maximum Gasteiger partial charge on any atom is 0.161 e. The largest absolute Gasteiger partial charge is 0.354 e. The molecule has 0 atom stereocenters. The van der Waals surface area contributed by atoms with Crippen molar-refractivity contribution in [2.75, 3.05) is 18.0 Å². The van der Waals surface area contributed by atoms with Crippen molar-refractivity contribution in [1.82, 2.24) is 9.97 Å². The van der Waals surface area contributed by atoms with Crippen LogP contribution in [0, 0.1) is 6.92 Å². The molecule has 1 aliphatic rings. The average Bonchev–Trinajstić information content (AvgIpc) is 2.54. The highest BCUT2D eigenvalue weighted by molar-refractivity contribution is 7.98. The summed E-state index contributed by atoms with van der Waals surface area (Å²) in [5, 5.41) is 1.06. The predicted molar refractivity (Wildman–Crippen MR) is 88.8 cm³/mol.